The third kappa shape index (κ3) is 3.42. The van der Waals surface area contributed by atoms with Crippen LogP contribution in [0.5, 0.6) is 5.75 Å². The van der Waals surface area contributed by atoms with Crippen LogP contribution in [0.25, 0.3) is 28.7 Å². The Bertz CT molecular complexity index is 1210. The first-order valence-corrected chi connectivity index (χ1v) is 8.75. The van der Waals surface area contributed by atoms with Gasteiger partial charge < -0.3 is 4.74 Å². The molecule has 0 fully saturated rings. The van der Waals surface area contributed by atoms with E-state index in [1.165, 1.54) is 12.1 Å². The number of halogens is 1. The monoisotopic (exact) mass is 372 g/mol. The van der Waals surface area contributed by atoms with Gasteiger partial charge in [-0.25, -0.2) is 9.37 Å². The van der Waals surface area contributed by atoms with Gasteiger partial charge in [-0.2, -0.15) is 0 Å². The molecule has 138 valence electrons. The highest BCUT2D eigenvalue weighted by atomic mass is 19.1. The average molecular weight is 372 g/mol. The predicted octanol–water partition coefficient (Wildman–Crippen LogP) is 4.70. The number of aromatic nitrogens is 2. The lowest BCUT2D eigenvalue weighted by molar-refractivity contribution is 0.414. The van der Waals surface area contributed by atoms with E-state index in [1.54, 1.807) is 54.2 Å². The molecule has 0 amide bonds. The van der Waals surface area contributed by atoms with Crippen molar-refractivity contribution in [3.05, 3.63) is 100 Å². The fourth-order valence-corrected chi connectivity index (χ4v) is 2.99. The number of fused-ring (bicyclic) bond motifs is 1. The lowest BCUT2D eigenvalue weighted by Gasteiger charge is -2.12. The summed E-state index contributed by atoms with van der Waals surface area (Å²) in [6.07, 6.45) is 3.56. The van der Waals surface area contributed by atoms with Crippen molar-refractivity contribution in [2.24, 2.45) is 0 Å². The second kappa shape index (κ2) is 7.48. The summed E-state index contributed by atoms with van der Waals surface area (Å²) in [4.78, 5) is 17.8. The lowest BCUT2D eigenvalue weighted by atomic mass is 10.2. The first-order chi connectivity index (χ1) is 13.7. The van der Waals surface area contributed by atoms with E-state index in [-0.39, 0.29) is 11.4 Å². The molecule has 1 aromatic heterocycles. The summed E-state index contributed by atoms with van der Waals surface area (Å²) in [5.41, 5.74) is 1.96. The third-order valence-corrected chi connectivity index (χ3v) is 4.43. The van der Waals surface area contributed by atoms with Crippen LogP contribution in [-0.2, 0) is 0 Å². The van der Waals surface area contributed by atoms with E-state index in [0.717, 1.165) is 5.56 Å². The summed E-state index contributed by atoms with van der Waals surface area (Å²) in [6, 6.07) is 20.6. The molecule has 5 heteroatoms. The van der Waals surface area contributed by atoms with Crippen LogP contribution < -0.4 is 10.3 Å². The van der Waals surface area contributed by atoms with Crippen molar-refractivity contribution in [2.45, 2.75) is 0 Å². The van der Waals surface area contributed by atoms with Crippen LogP contribution in [0.4, 0.5) is 4.39 Å². The summed E-state index contributed by atoms with van der Waals surface area (Å²) >= 11 is 0. The molecule has 0 atom stereocenters. The molecular weight excluding hydrogens is 355 g/mol. The molecule has 0 N–H and O–H groups in total. The number of hydrogen-bond acceptors (Lipinski definition) is 3. The van der Waals surface area contributed by atoms with E-state index in [9.17, 15) is 9.18 Å². The average Bonchev–Trinajstić information content (AvgIpc) is 2.74. The highest BCUT2D eigenvalue weighted by Crippen LogP contribution is 2.18. The molecule has 0 saturated heterocycles. The zero-order chi connectivity index (χ0) is 19.5. The Kier molecular flexibility index (Phi) is 4.72. The third-order valence-electron chi connectivity index (χ3n) is 4.43. The maximum Gasteiger partial charge on any atom is 0.266 e. The SMILES string of the molecule is COc1ccc(-n2c(/C=C\c3ccc(F)cc3)nc3ccccc3c2=O)cc1. The van der Waals surface area contributed by atoms with E-state index in [0.29, 0.717) is 28.2 Å². The van der Waals surface area contributed by atoms with Gasteiger partial charge in [-0.3, -0.25) is 9.36 Å². The van der Waals surface area contributed by atoms with E-state index in [4.69, 9.17) is 4.74 Å². The van der Waals surface area contributed by atoms with E-state index >= 15 is 0 Å². The van der Waals surface area contributed by atoms with E-state index < -0.39 is 0 Å². The maximum atomic E-state index is 13.2. The van der Waals surface area contributed by atoms with Gasteiger partial charge in [-0.1, -0.05) is 30.3 Å². The molecule has 0 radical (unpaired) electrons. The Balaban J connectivity index is 1.89. The summed E-state index contributed by atoms with van der Waals surface area (Å²) in [5, 5.41) is 0.539. The molecule has 0 bridgehead atoms. The van der Waals surface area contributed by atoms with Gasteiger partial charge >= 0.3 is 0 Å². The van der Waals surface area contributed by atoms with Gasteiger partial charge in [0.05, 0.1) is 23.7 Å². The lowest BCUT2D eigenvalue weighted by Crippen LogP contribution is -2.22. The number of rotatable bonds is 4. The number of methoxy groups -OCH3 is 1. The number of hydrogen-bond donors (Lipinski definition) is 0. The molecule has 4 aromatic rings. The number of nitrogens with zero attached hydrogens (tertiary/aromatic N) is 2. The summed E-state index contributed by atoms with van der Waals surface area (Å²) in [7, 11) is 1.59. The fourth-order valence-electron chi connectivity index (χ4n) is 2.99. The predicted molar refractivity (Wildman–Crippen MR) is 109 cm³/mol. The molecule has 1 heterocycles. The van der Waals surface area contributed by atoms with E-state index in [1.807, 2.05) is 30.3 Å². The van der Waals surface area contributed by atoms with Gasteiger partial charge in [0.25, 0.3) is 5.56 Å². The minimum absolute atomic E-state index is 0.158. The standard InChI is InChI=1S/C23H17FN2O2/c1-28-19-13-11-18(12-14-19)26-22(15-8-16-6-9-17(24)10-7-16)25-21-5-3-2-4-20(21)23(26)27/h2-15H,1H3/b15-8-. The fraction of sp³-hybridized carbons (Fsp3) is 0.0435. The van der Waals surface area contributed by atoms with Gasteiger partial charge in [0, 0.05) is 0 Å². The highest BCUT2D eigenvalue weighted by molar-refractivity contribution is 5.80. The molecule has 0 aliphatic heterocycles. The zero-order valence-electron chi connectivity index (χ0n) is 15.2. The Morgan fingerprint density at radius 1 is 0.929 bits per heavy atom. The molecule has 4 rings (SSSR count). The number of ether oxygens (including phenoxy) is 1. The van der Waals surface area contributed by atoms with Gasteiger partial charge in [-0.05, 0) is 60.2 Å². The Hall–Kier alpha value is -3.73. The van der Waals surface area contributed by atoms with Crippen LogP contribution in [-0.4, -0.2) is 16.7 Å². The van der Waals surface area contributed by atoms with Crippen molar-refractivity contribution in [2.75, 3.05) is 7.11 Å². The molecule has 0 aliphatic carbocycles. The molecular formula is C23H17FN2O2. The van der Waals surface area contributed by atoms with Gasteiger partial charge in [0.15, 0.2) is 0 Å². The molecule has 0 aliphatic rings. The van der Waals surface area contributed by atoms with Crippen molar-refractivity contribution >= 4 is 23.1 Å². The van der Waals surface area contributed by atoms with Crippen molar-refractivity contribution in [1.82, 2.24) is 9.55 Å². The number of benzene rings is 3. The van der Waals surface area contributed by atoms with Crippen molar-refractivity contribution in [3.8, 4) is 11.4 Å². The van der Waals surface area contributed by atoms with Gasteiger partial charge in [-0.15, -0.1) is 0 Å². The zero-order valence-corrected chi connectivity index (χ0v) is 15.2. The van der Waals surface area contributed by atoms with Crippen LogP contribution in [0.1, 0.15) is 11.4 Å². The normalized spacial score (nSPS) is 11.2. The second-order valence-electron chi connectivity index (χ2n) is 6.21. The largest absolute Gasteiger partial charge is 0.497 e. The molecule has 3 aromatic carbocycles. The minimum atomic E-state index is -0.295. The Labute approximate surface area is 161 Å². The molecule has 0 unspecified atom stereocenters. The summed E-state index contributed by atoms with van der Waals surface area (Å²) in [5.74, 6) is 0.892. The smallest absolute Gasteiger partial charge is 0.266 e. The van der Waals surface area contributed by atoms with Crippen LogP contribution in [0.15, 0.2) is 77.6 Å². The number of para-hydroxylation sites is 1. The van der Waals surface area contributed by atoms with Crippen LogP contribution in [0.3, 0.4) is 0 Å². The minimum Gasteiger partial charge on any atom is -0.497 e. The quantitative estimate of drug-likeness (QED) is 0.521. The van der Waals surface area contributed by atoms with Crippen molar-refractivity contribution < 1.29 is 9.13 Å². The Morgan fingerprint density at radius 3 is 2.36 bits per heavy atom. The highest BCUT2D eigenvalue weighted by Gasteiger charge is 2.11. The first-order valence-electron chi connectivity index (χ1n) is 8.75. The van der Waals surface area contributed by atoms with Crippen LogP contribution in [0.2, 0.25) is 0 Å². The first kappa shape index (κ1) is 17.7. The molecule has 0 saturated carbocycles. The van der Waals surface area contributed by atoms with Crippen LogP contribution >= 0.6 is 0 Å². The van der Waals surface area contributed by atoms with Crippen molar-refractivity contribution in [3.63, 3.8) is 0 Å². The molecule has 4 nitrogen and oxygen atoms in total. The summed E-state index contributed by atoms with van der Waals surface area (Å²) in [6.45, 7) is 0. The molecule has 28 heavy (non-hydrogen) atoms. The summed E-state index contributed by atoms with van der Waals surface area (Å²) < 4.78 is 19.9. The van der Waals surface area contributed by atoms with E-state index in [2.05, 4.69) is 4.98 Å². The van der Waals surface area contributed by atoms with Crippen LogP contribution in [0, 0.1) is 5.82 Å². The Morgan fingerprint density at radius 2 is 1.64 bits per heavy atom. The van der Waals surface area contributed by atoms with Crippen molar-refractivity contribution in [1.29, 1.82) is 0 Å². The maximum absolute atomic E-state index is 13.2. The molecule has 0 spiro atoms. The van der Waals surface area contributed by atoms with Gasteiger partial charge in [0.2, 0.25) is 0 Å². The van der Waals surface area contributed by atoms with Gasteiger partial charge in [0.1, 0.15) is 17.4 Å². The second-order valence-corrected chi connectivity index (χ2v) is 6.21. The topological polar surface area (TPSA) is 44.1 Å².